The number of amides is 1. The zero-order valence-electron chi connectivity index (χ0n) is 11.4. The molecule has 2 fully saturated rings. The molecule has 6 nitrogen and oxygen atoms in total. The molecule has 1 saturated heterocycles. The van der Waals surface area contributed by atoms with E-state index in [-0.39, 0.29) is 24.5 Å². The number of rotatable bonds is 5. The maximum absolute atomic E-state index is 12.6. The number of esters is 1. The van der Waals surface area contributed by atoms with Crippen LogP contribution >= 0.6 is 0 Å². The van der Waals surface area contributed by atoms with Crippen LogP contribution in [-0.4, -0.2) is 54.7 Å². The van der Waals surface area contributed by atoms with Crippen LogP contribution in [-0.2, 0) is 19.1 Å². The molecule has 0 aromatic rings. The quantitative estimate of drug-likeness (QED) is 0.714. The van der Waals surface area contributed by atoms with Gasteiger partial charge in [-0.15, -0.1) is 0 Å². The first-order valence-corrected chi connectivity index (χ1v) is 6.90. The normalized spacial score (nSPS) is 21.8. The largest absolute Gasteiger partial charge is 0.465 e. The Morgan fingerprint density at radius 1 is 1.37 bits per heavy atom. The molecule has 6 heteroatoms. The molecule has 2 N–H and O–H groups in total. The number of carbonyl (C=O) groups excluding carboxylic acids is 2. The van der Waals surface area contributed by atoms with E-state index in [1.54, 1.807) is 11.8 Å². The molecular weight excluding hydrogens is 248 g/mol. The summed E-state index contributed by atoms with van der Waals surface area (Å²) in [5.74, 6) is -0.496. The minimum Gasteiger partial charge on any atom is -0.465 e. The Balaban J connectivity index is 2.01. The van der Waals surface area contributed by atoms with Crippen LogP contribution in [0.25, 0.3) is 0 Å². The van der Waals surface area contributed by atoms with Crippen molar-refractivity contribution in [2.24, 2.45) is 5.73 Å². The minimum atomic E-state index is -0.882. The van der Waals surface area contributed by atoms with Crippen LogP contribution in [0.2, 0.25) is 0 Å². The highest BCUT2D eigenvalue weighted by Gasteiger charge is 2.44. The van der Waals surface area contributed by atoms with Crippen LogP contribution in [0.5, 0.6) is 0 Å². The molecule has 1 heterocycles. The smallest absolute Gasteiger partial charge is 0.325 e. The van der Waals surface area contributed by atoms with Crippen LogP contribution in [0.4, 0.5) is 0 Å². The summed E-state index contributed by atoms with van der Waals surface area (Å²) in [5.41, 5.74) is 5.31. The van der Waals surface area contributed by atoms with Crippen molar-refractivity contribution in [2.75, 3.05) is 26.4 Å². The van der Waals surface area contributed by atoms with Gasteiger partial charge in [0, 0.05) is 19.3 Å². The lowest BCUT2D eigenvalue weighted by molar-refractivity contribution is -0.152. The van der Waals surface area contributed by atoms with Gasteiger partial charge in [-0.25, -0.2) is 0 Å². The van der Waals surface area contributed by atoms with Gasteiger partial charge in [0.1, 0.15) is 6.54 Å². The number of carbonyl (C=O) groups is 2. The molecule has 0 spiro atoms. The molecular formula is C13H22N2O4. The van der Waals surface area contributed by atoms with Crippen LogP contribution in [0.1, 0.15) is 32.6 Å². The van der Waals surface area contributed by atoms with Gasteiger partial charge < -0.3 is 20.1 Å². The molecule has 108 valence electrons. The molecule has 0 aromatic heterocycles. The third kappa shape index (κ3) is 3.45. The van der Waals surface area contributed by atoms with Crippen LogP contribution in [0, 0.1) is 0 Å². The topological polar surface area (TPSA) is 81.9 Å². The van der Waals surface area contributed by atoms with Crippen molar-refractivity contribution in [3.8, 4) is 0 Å². The zero-order chi connectivity index (χ0) is 13.9. The molecule has 0 radical (unpaired) electrons. The summed E-state index contributed by atoms with van der Waals surface area (Å²) in [6, 6.07) is 0.153. The summed E-state index contributed by atoms with van der Waals surface area (Å²) in [5, 5.41) is 0. The number of hydrogen-bond acceptors (Lipinski definition) is 5. The second-order valence-electron chi connectivity index (χ2n) is 5.24. The Labute approximate surface area is 113 Å². The number of ether oxygens (including phenoxy) is 2. The molecule has 1 saturated carbocycles. The lowest BCUT2D eigenvalue weighted by atomic mass is 9.89. The summed E-state index contributed by atoms with van der Waals surface area (Å²) >= 11 is 0. The summed E-state index contributed by atoms with van der Waals surface area (Å²) in [6.45, 7) is 3.09. The van der Waals surface area contributed by atoms with Crippen molar-refractivity contribution >= 4 is 11.9 Å². The number of nitrogens with zero attached hydrogens (tertiary/aromatic N) is 1. The third-order valence-corrected chi connectivity index (χ3v) is 3.66. The Hall–Kier alpha value is -1.14. The van der Waals surface area contributed by atoms with Crippen molar-refractivity contribution in [1.29, 1.82) is 0 Å². The van der Waals surface area contributed by atoms with Crippen LogP contribution < -0.4 is 5.73 Å². The first kappa shape index (κ1) is 14.3. The highest BCUT2D eigenvalue weighted by atomic mass is 16.5. The predicted molar refractivity (Wildman–Crippen MR) is 68.3 cm³/mol. The van der Waals surface area contributed by atoms with E-state index in [4.69, 9.17) is 15.2 Å². The highest BCUT2D eigenvalue weighted by molar-refractivity contribution is 5.89. The van der Waals surface area contributed by atoms with Gasteiger partial charge in [0.2, 0.25) is 5.91 Å². The molecule has 1 amide bonds. The van der Waals surface area contributed by atoms with E-state index in [0.29, 0.717) is 32.7 Å². The van der Waals surface area contributed by atoms with E-state index < -0.39 is 5.54 Å². The number of nitrogens with two attached hydrogens (primary N) is 1. The minimum absolute atomic E-state index is 0.0111. The summed E-state index contributed by atoms with van der Waals surface area (Å²) in [4.78, 5) is 25.8. The Morgan fingerprint density at radius 2 is 2.00 bits per heavy atom. The summed E-state index contributed by atoms with van der Waals surface area (Å²) < 4.78 is 10.2. The van der Waals surface area contributed by atoms with Gasteiger partial charge in [-0.1, -0.05) is 0 Å². The van der Waals surface area contributed by atoms with E-state index in [2.05, 4.69) is 0 Å². The van der Waals surface area contributed by atoms with Crippen LogP contribution in [0.15, 0.2) is 0 Å². The second-order valence-corrected chi connectivity index (χ2v) is 5.24. The Bertz CT molecular complexity index is 349. The Morgan fingerprint density at radius 3 is 2.53 bits per heavy atom. The predicted octanol–water partition coefficient (Wildman–Crippen LogP) is 0.0484. The van der Waals surface area contributed by atoms with Gasteiger partial charge in [0.15, 0.2) is 0 Å². The molecule has 1 aliphatic carbocycles. The molecule has 2 aliphatic rings. The first-order chi connectivity index (χ1) is 9.07. The van der Waals surface area contributed by atoms with Crippen molar-refractivity contribution in [2.45, 2.75) is 44.2 Å². The highest BCUT2D eigenvalue weighted by Crippen LogP contribution is 2.30. The average Bonchev–Trinajstić information content (AvgIpc) is 3.21. The second kappa shape index (κ2) is 5.88. The maximum Gasteiger partial charge on any atom is 0.325 e. The van der Waals surface area contributed by atoms with Gasteiger partial charge in [-0.2, -0.15) is 0 Å². The van der Waals surface area contributed by atoms with Gasteiger partial charge in [-0.05, 0) is 32.6 Å². The average molecular weight is 270 g/mol. The Kier molecular flexibility index (Phi) is 4.42. The van der Waals surface area contributed by atoms with Crippen molar-refractivity contribution < 1.29 is 19.1 Å². The lowest BCUT2D eigenvalue weighted by Crippen LogP contribution is -2.59. The fraction of sp³-hybridized carbons (Fsp3) is 0.846. The van der Waals surface area contributed by atoms with Gasteiger partial charge in [-0.3, -0.25) is 9.59 Å². The van der Waals surface area contributed by atoms with Crippen LogP contribution in [0.3, 0.4) is 0 Å². The molecule has 2 rings (SSSR count). The maximum atomic E-state index is 12.6. The van der Waals surface area contributed by atoms with E-state index in [9.17, 15) is 9.59 Å². The monoisotopic (exact) mass is 270 g/mol. The van der Waals surface area contributed by atoms with Gasteiger partial charge >= 0.3 is 5.97 Å². The fourth-order valence-corrected chi connectivity index (χ4v) is 2.33. The zero-order valence-corrected chi connectivity index (χ0v) is 11.4. The SMILES string of the molecule is CCOC(=O)CN(C(=O)C1(N)CCOCC1)C1CC1. The van der Waals surface area contributed by atoms with Gasteiger partial charge in [0.25, 0.3) is 0 Å². The van der Waals surface area contributed by atoms with E-state index >= 15 is 0 Å². The first-order valence-electron chi connectivity index (χ1n) is 6.90. The molecule has 19 heavy (non-hydrogen) atoms. The van der Waals surface area contributed by atoms with E-state index in [1.807, 2.05) is 0 Å². The third-order valence-electron chi connectivity index (χ3n) is 3.66. The molecule has 0 unspecified atom stereocenters. The number of hydrogen-bond donors (Lipinski definition) is 1. The van der Waals surface area contributed by atoms with E-state index in [1.165, 1.54) is 0 Å². The molecule has 0 aromatic carbocycles. The van der Waals surface area contributed by atoms with Crippen molar-refractivity contribution in [1.82, 2.24) is 4.90 Å². The fourth-order valence-electron chi connectivity index (χ4n) is 2.33. The standard InChI is InChI=1S/C13H22N2O4/c1-2-19-11(16)9-15(10-3-4-10)12(17)13(14)5-7-18-8-6-13/h10H,2-9,14H2,1H3. The lowest BCUT2D eigenvalue weighted by Gasteiger charge is -2.36. The molecule has 1 aliphatic heterocycles. The van der Waals surface area contributed by atoms with E-state index in [0.717, 1.165) is 12.8 Å². The molecule has 0 atom stereocenters. The van der Waals surface area contributed by atoms with Gasteiger partial charge in [0.05, 0.1) is 12.1 Å². The van der Waals surface area contributed by atoms with Crippen molar-refractivity contribution in [3.63, 3.8) is 0 Å². The molecule has 0 bridgehead atoms. The summed E-state index contributed by atoms with van der Waals surface area (Å²) in [7, 11) is 0. The van der Waals surface area contributed by atoms with Crippen molar-refractivity contribution in [3.05, 3.63) is 0 Å². The summed E-state index contributed by atoms with van der Waals surface area (Å²) in [6.07, 6.45) is 2.91.